The van der Waals surface area contributed by atoms with Gasteiger partial charge in [0.25, 0.3) is 0 Å². The molecule has 1 atom stereocenters. The van der Waals surface area contributed by atoms with Gasteiger partial charge in [0.05, 0.1) is 17.5 Å². The Morgan fingerprint density at radius 3 is 2.71 bits per heavy atom. The summed E-state index contributed by atoms with van der Waals surface area (Å²) in [7, 11) is 1.51. The highest BCUT2D eigenvalue weighted by Gasteiger charge is 2.36. The van der Waals surface area contributed by atoms with Crippen LogP contribution in [0.5, 0.6) is 0 Å². The Balaban J connectivity index is 1.67. The second kappa shape index (κ2) is 9.18. The first kappa shape index (κ1) is 20.3. The average molecular weight is 406 g/mol. The third-order valence-corrected chi connectivity index (χ3v) is 5.93. The van der Waals surface area contributed by atoms with E-state index in [2.05, 4.69) is 17.2 Å². The van der Waals surface area contributed by atoms with Gasteiger partial charge in [0.15, 0.2) is 5.96 Å². The molecule has 0 bridgehead atoms. The zero-order valence-corrected chi connectivity index (χ0v) is 17.2. The zero-order valence-electron chi connectivity index (χ0n) is 16.4. The molecule has 152 valence electrons. The third kappa shape index (κ3) is 4.52. The monoisotopic (exact) mass is 405 g/mol. The molecule has 0 aliphatic carbocycles. The van der Waals surface area contributed by atoms with E-state index in [0.717, 1.165) is 24.4 Å². The van der Waals surface area contributed by atoms with Crippen molar-refractivity contribution < 1.29 is 14.4 Å². The first-order chi connectivity index (χ1) is 13.5. The molecule has 0 aromatic carbocycles. The molecular formula is C19H27N5O3S. The van der Waals surface area contributed by atoms with E-state index in [0.29, 0.717) is 19.0 Å². The Kier molecular flexibility index (Phi) is 6.66. The van der Waals surface area contributed by atoms with Crippen LogP contribution in [0.1, 0.15) is 26.2 Å². The summed E-state index contributed by atoms with van der Waals surface area (Å²) in [4.78, 5) is 46.0. The molecule has 1 unspecified atom stereocenters. The minimum Gasteiger partial charge on any atom is -0.356 e. The number of anilines is 1. The van der Waals surface area contributed by atoms with Gasteiger partial charge in [-0.25, -0.2) is 0 Å². The molecular weight excluding hydrogens is 378 g/mol. The number of guanidine groups is 1. The maximum absolute atomic E-state index is 12.6. The molecule has 1 aromatic rings. The summed E-state index contributed by atoms with van der Waals surface area (Å²) in [5.41, 5.74) is 0. The number of hydrogen-bond donors (Lipinski definition) is 1. The van der Waals surface area contributed by atoms with Crippen LogP contribution in [0.4, 0.5) is 5.00 Å². The number of imide groups is 1. The topological polar surface area (TPSA) is 85.3 Å². The summed E-state index contributed by atoms with van der Waals surface area (Å²) in [5, 5.41) is 6.24. The van der Waals surface area contributed by atoms with Crippen molar-refractivity contribution in [3.05, 3.63) is 17.5 Å². The molecule has 2 fully saturated rings. The van der Waals surface area contributed by atoms with E-state index in [-0.39, 0.29) is 37.2 Å². The Hall–Kier alpha value is -2.42. The van der Waals surface area contributed by atoms with Gasteiger partial charge in [0.2, 0.25) is 17.7 Å². The van der Waals surface area contributed by atoms with Crippen LogP contribution in [0.3, 0.4) is 0 Å². The molecule has 8 nitrogen and oxygen atoms in total. The van der Waals surface area contributed by atoms with E-state index in [1.165, 1.54) is 11.9 Å². The lowest BCUT2D eigenvalue weighted by Crippen LogP contribution is -2.55. The molecule has 3 rings (SSSR count). The number of piperazine rings is 1. The number of thiophene rings is 1. The van der Waals surface area contributed by atoms with Gasteiger partial charge < -0.3 is 15.1 Å². The molecule has 9 heteroatoms. The van der Waals surface area contributed by atoms with Gasteiger partial charge in [0.1, 0.15) is 6.54 Å². The van der Waals surface area contributed by atoms with Crippen LogP contribution in [0.25, 0.3) is 0 Å². The first-order valence-electron chi connectivity index (χ1n) is 9.68. The van der Waals surface area contributed by atoms with Crippen LogP contribution in [-0.2, 0) is 14.4 Å². The Morgan fingerprint density at radius 2 is 2.11 bits per heavy atom. The van der Waals surface area contributed by atoms with E-state index < -0.39 is 5.92 Å². The van der Waals surface area contributed by atoms with E-state index in [1.54, 1.807) is 16.2 Å². The van der Waals surface area contributed by atoms with Crippen molar-refractivity contribution in [3.8, 4) is 0 Å². The minimum absolute atomic E-state index is 0.0329. The fourth-order valence-electron chi connectivity index (χ4n) is 3.33. The first-order valence-corrected chi connectivity index (χ1v) is 10.6. The molecule has 0 spiro atoms. The maximum atomic E-state index is 12.6. The van der Waals surface area contributed by atoms with E-state index in [9.17, 15) is 14.4 Å². The summed E-state index contributed by atoms with van der Waals surface area (Å²) in [6.07, 6.45) is 2.24. The quantitative estimate of drug-likeness (QED) is 0.332. The Labute approximate surface area is 169 Å². The van der Waals surface area contributed by atoms with Gasteiger partial charge in [0, 0.05) is 33.1 Å². The van der Waals surface area contributed by atoms with Crippen molar-refractivity contribution in [3.63, 3.8) is 0 Å². The fraction of sp³-hybridized carbons (Fsp3) is 0.579. The van der Waals surface area contributed by atoms with Crippen molar-refractivity contribution in [2.75, 3.05) is 44.7 Å². The number of likely N-dealkylation sites (tertiary alicyclic amines) is 1. The average Bonchev–Trinajstić information content (AvgIpc) is 3.29. The molecule has 28 heavy (non-hydrogen) atoms. The summed E-state index contributed by atoms with van der Waals surface area (Å²) in [6.45, 7) is 4.62. The fourth-order valence-corrected chi connectivity index (χ4v) is 4.10. The number of nitrogens with one attached hydrogen (secondary N) is 1. The smallest absolute Gasteiger partial charge is 0.247 e. The van der Waals surface area contributed by atoms with Crippen LogP contribution >= 0.6 is 11.3 Å². The molecule has 2 aliphatic heterocycles. The van der Waals surface area contributed by atoms with E-state index in [1.807, 2.05) is 22.4 Å². The van der Waals surface area contributed by atoms with Gasteiger partial charge in [-0.3, -0.25) is 24.3 Å². The van der Waals surface area contributed by atoms with Crippen LogP contribution in [0, 0.1) is 5.92 Å². The molecule has 1 aromatic heterocycles. The maximum Gasteiger partial charge on any atom is 0.247 e. The number of amides is 3. The zero-order chi connectivity index (χ0) is 20.1. The van der Waals surface area contributed by atoms with E-state index >= 15 is 0 Å². The van der Waals surface area contributed by atoms with Crippen LogP contribution < -0.4 is 10.2 Å². The van der Waals surface area contributed by atoms with Crippen molar-refractivity contribution in [1.29, 1.82) is 0 Å². The summed E-state index contributed by atoms with van der Waals surface area (Å²) in [6, 6.07) is 3.89. The third-order valence-electron chi connectivity index (χ3n) is 5.04. The van der Waals surface area contributed by atoms with Crippen LogP contribution in [0.15, 0.2) is 22.5 Å². The number of unbranched alkanes of at least 4 members (excludes halogenated alkanes) is 1. The largest absolute Gasteiger partial charge is 0.356 e. The SMILES string of the molecule is CCCCNC(=NCC1CC(=O)N(C)C1=O)N1CCN(c2cccs2)C(=O)C1. The number of nitrogens with zero attached hydrogens (tertiary/aromatic N) is 4. The van der Waals surface area contributed by atoms with Gasteiger partial charge >= 0.3 is 0 Å². The molecule has 2 saturated heterocycles. The summed E-state index contributed by atoms with van der Waals surface area (Å²) >= 11 is 1.55. The van der Waals surface area contributed by atoms with Crippen LogP contribution in [0.2, 0.25) is 0 Å². The van der Waals surface area contributed by atoms with Crippen LogP contribution in [-0.4, -0.2) is 73.3 Å². The van der Waals surface area contributed by atoms with Gasteiger partial charge in [-0.05, 0) is 23.9 Å². The Morgan fingerprint density at radius 1 is 1.29 bits per heavy atom. The molecule has 1 N–H and O–H groups in total. The highest BCUT2D eigenvalue weighted by Crippen LogP contribution is 2.23. The lowest BCUT2D eigenvalue weighted by atomic mass is 10.1. The lowest BCUT2D eigenvalue weighted by Gasteiger charge is -2.35. The Bertz CT molecular complexity index is 749. The normalized spacial score (nSPS) is 21.1. The predicted octanol–water partition coefficient (Wildman–Crippen LogP) is 1.15. The molecule has 2 aliphatic rings. The van der Waals surface area contributed by atoms with Crippen molar-refractivity contribution in [2.45, 2.75) is 26.2 Å². The molecule has 0 radical (unpaired) electrons. The number of carbonyl (C=O) groups is 3. The second-order valence-corrected chi connectivity index (χ2v) is 7.98. The van der Waals surface area contributed by atoms with E-state index in [4.69, 9.17) is 0 Å². The van der Waals surface area contributed by atoms with Gasteiger partial charge in [-0.2, -0.15) is 0 Å². The molecule has 3 heterocycles. The minimum atomic E-state index is -0.413. The molecule has 0 saturated carbocycles. The number of carbonyl (C=O) groups excluding carboxylic acids is 3. The number of rotatable bonds is 6. The lowest BCUT2D eigenvalue weighted by molar-refractivity contribution is -0.137. The highest BCUT2D eigenvalue weighted by atomic mass is 32.1. The van der Waals surface area contributed by atoms with Gasteiger partial charge in [-0.1, -0.05) is 13.3 Å². The second-order valence-electron chi connectivity index (χ2n) is 7.05. The summed E-state index contributed by atoms with van der Waals surface area (Å²) < 4.78 is 0. The highest BCUT2D eigenvalue weighted by molar-refractivity contribution is 7.14. The number of aliphatic imine (C=N–C) groups is 1. The van der Waals surface area contributed by atoms with Gasteiger partial charge in [-0.15, -0.1) is 11.3 Å². The van der Waals surface area contributed by atoms with Crippen molar-refractivity contribution in [2.24, 2.45) is 10.9 Å². The molecule has 3 amide bonds. The standard InChI is InChI=1S/C19H27N5O3S/c1-3-4-7-20-19(21-12-14-11-15(25)22(2)18(14)27)23-8-9-24(16(26)13-23)17-6-5-10-28-17/h5-6,10,14H,3-4,7-9,11-13H2,1-2H3,(H,20,21). The number of hydrogen-bond acceptors (Lipinski definition) is 5. The predicted molar refractivity (Wildman–Crippen MR) is 109 cm³/mol. The summed E-state index contributed by atoms with van der Waals surface area (Å²) in [5.74, 6) is -0.0813. The van der Waals surface area contributed by atoms with Crippen molar-refractivity contribution >= 4 is 40.0 Å². The van der Waals surface area contributed by atoms with Crippen molar-refractivity contribution in [1.82, 2.24) is 15.1 Å².